The monoisotopic (exact) mass is 234 g/mol. The van der Waals surface area contributed by atoms with E-state index in [1.165, 1.54) is 5.56 Å². The maximum atomic E-state index is 5.85. The van der Waals surface area contributed by atoms with Crippen LogP contribution in [-0.2, 0) is 6.42 Å². The fourth-order valence-electron chi connectivity index (χ4n) is 2.08. The van der Waals surface area contributed by atoms with Gasteiger partial charge in [0.25, 0.3) is 0 Å². The molecule has 0 bridgehead atoms. The lowest BCUT2D eigenvalue weighted by Gasteiger charge is -2.13. The predicted molar refractivity (Wildman–Crippen MR) is 70.6 cm³/mol. The first kappa shape index (κ1) is 12.4. The van der Waals surface area contributed by atoms with E-state index in [1.54, 1.807) is 0 Å². The molecule has 0 fully saturated rings. The van der Waals surface area contributed by atoms with Crippen molar-refractivity contribution < 1.29 is 4.74 Å². The van der Waals surface area contributed by atoms with Gasteiger partial charge in [-0.3, -0.25) is 0 Å². The van der Waals surface area contributed by atoms with Crippen molar-refractivity contribution in [3.8, 4) is 5.75 Å². The van der Waals surface area contributed by atoms with E-state index in [4.69, 9.17) is 4.74 Å². The number of ether oxygens (including phenoxy) is 1. The highest BCUT2D eigenvalue weighted by Crippen LogP contribution is 2.27. The first-order chi connectivity index (χ1) is 8.25. The van der Waals surface area contributed by atoms with Crippen molar-refractivity contribution in [2.75, 3.05) is 19.6 Å². The van der Waals surface area contributed by atoms with E-state index in [0.717, 1.165) is 31.8 Å². The zero-order chi connectivity index (χ0) is 12.1. The van der Waals surface area contributed by atoms with Gasteiger partial charge in [-0.15, -0.1) is 0 Å². The molecule has 1 aliphatic rings. The molecule has 1 aromatic carbocycles. The van der Waals surface area contributed by atoms with E-state index in [9.17, 15) is 0 Å². The highest BCUT2D eigenvalue weighted by atomic mass is 16.5. The summed E-state index contributed by atoms with van der Waals surface area (Å²) in [5, 5.41) is 6.81. The van der Waals surface area contributed by atoms with Gasteiger partial charge in [0, 0.05) is 32.1 Å². The molecule has 0 amide bonds. The molecule has 17 heavy (non-hydrogen) atoms. The molecule has 1 aromatic rings. The van der Waals surface area contributed by atoms with Crippen LogP contribution in [0.5, 0.6) is 5.75 Å². The molecule has 0 aromatic heterocycles. The van der Waals surface area contributed by atoms with E-state index >= 15 is 0 Å². The van der Waals surface area contributed by atoms with Crippen LogP contribution in [0, 0.1) is 0 Å². The Bertz CT molecular complexity index is 327. The van der Waals surface area contributed by atoms with Crippen LogP contribution in [-0.4, -0.2) is 31.8 Å². The summed E-state index contributed by atoms with van der Waals surface area (Å²) in [7, 11) is 0. The van der Waals surface area contributed by atoms with Crippen molar-refractivity contribution in [3.05, 3.63) is 29.8 Å². The zero-order valence-corrected chi connectivity index (χ0v) is 10.7. The van der Waals surface area contributed by atoms with Crippen molar-refractivity contribution in [1.29, 1.82) is 0 Å². The maximum Gasteiger partial charge on any atom is 0.123 e. The zero-order valence-electron chi connectivity index (χ0n) is 10.7. The fourth-order valence-corrected chi connectivity index (χ4v) is 2.08. The summed E-state index contributed by atoms with van der Waals surface area (Å²) in [5.74, 6) is 1.06. The summed E-state index contributed by atoms with van der Waals surface area (Å²) in [6.07, 6.45) is 1.33. The van der Waals surface area contributed by atoms with Gasteiger partial charge in [0.2, 0.25) is 0 Å². The summed E-state index contributed by atoms with van der Waals surface area (Å²) >= 11 is 0. The molecule has 0 spiro atoms. The summed E-state index contributed by atoms with van der Waals surface area (Å²) in [6, 6.07) is 8.86. The number of para-hydroxylation sites is 1. The molecular weight excluding hydrogens is 212 g/mol. The second kappa shape index (κ2) is 6.03. The summed E-state index contributed by atoms with van der Waals surface area (Å²) in [4.78, 5) is 0. The number of fused-ring (bicyclic) bond motifs is 1. The third-order valence-electron chi connectivity index (χ3n) is 2.94. The standard InChI is InChI=1S/C14H22N2O/c1-11(2)16-8-7-15-10-13-9-12-5-3-4-6-14(12)17-13/h3-6,11,13,15-16H,7-10H2,1-2H3. The van der Waals surface area contributed by atoms with Crippen LogP contribution in [0.15, 0.2) is 24.3 Å². The number of hydrogen-bond donors (Lipinski definition) is 2. The molecule has 3 heteroatoms. The van der Waals surface area contributed by atoms with E-state index in [0.29, 0.717) is 12.1 Å². The maximum absolute atomic E-state index is 5.85. The first-order valence-corrected chi connectivity index (χ1v) is 6.44. The predicted octanol–water partition coefficient (Wildman–Crippen LogP) is 1.58. The molecule has 1 heterocycles. The van der Waals surface area contributed by atoms with Crippen molar-refractivity contribution in [3.63, 3.8) is 0 Å². The lowest BCUT2D eigenvalue weighted by molar-refractivity contribution is 0.228. The number of hydrogen-bond acceptors (Lipinski definition) is 3. The molecule has 2 rings (SSSR count). The second-order valence-electron chi connectivity index (χ2n) is 4.86. The minimum Gasteiger partial charge on any atom is -0.488 e. The molecule has 1 aliphatic heterocycles. The lowest BCUT2D eigenvalue weighted by Crippen LogP contribution is -2.36. The Morgan fingerprint density at radius 1 is 1.29 bits per heavy atom. The van der Waals surface area contributed by atoms with Gasteiger partial charge in [-0.2, -0.15) is 0 Å². The molecule has 0 aliphatic carbocycles. The summed E-state index contributed by atoms with van der Waals surface area (Å²) in [5.41, 5.74) is 1.33. The Labute approximate surface area is 104 Å². The van der Waals surface area contributed by atoms with Crippen LogP contribution in [0.25, 0.3) is 0 Å². The summed E-state index contributed by atoms with van der Waals surface area (Å²) < 4.78 is 5.85. The molecule has 3 nitrogen and oxygen atoms in total. The highest BCUT2D eigenvalue weighted by Gasteiger charge is 2.21. The van der Waals surface area contributed by atoms with Crippen molar-refractivity contribution in [1.82, 2.24) is 10.6 Å². The fraction of sp³-hybridized carbons (Fsp3) is 0.571. The van der Waals surface area contributed by atoms with Gasteiger partial charge in [0.1, 0.15) is 11.9 Å². The van der Waals surface area contributed by atoms with Crippen molar-refractivity contribution >= 4 is 0 Å². The van der Waals surface area contributed by atoms with Crippen LogP contribution in [0.2, 0.25) is 0 Å². The lowest BCUT2D eigenvalue weighted by atomic mass is 10.1. The Balaban J connectivity index is 1.63. The van der Waals surface area contributed by atoms with Gasteiger partial charge in [0.05, 0.1) is 0 Å². The minimum absolute atomic E-state index is 0.298. The molecule has 94 valence electrons. The van der Waals surface area contributed by atoms with Gasteiger partial charge in [-0.05, 0) is 11.6 Å². The highest BCUT2D eigenvalue weighted by molar-refractivity contribution is 5.37. The number of benzene rings is 1. The quantitative estimate of drug-likeness (QED) is 0.733. The van der Waals surface area contributed by atoms with Crippen LogP contribution in [0.1, 0.15) is 19.4 Å². The minimum atomic E-state index is 0.298. The van der Waals surface area contributed by atoms with Gasteiger partial charge in [-0.1, -0.05) is 32.0 Å². The average molecular weight is 234 g/mol. The molecule has 0 saturated carbocycles. The SMILES string of the molecule is CC(C)NCCNCC1Cc2ccccc2O1. The molecular formula is C14H22N2O. The first-order valence-electron chi connectivity index (χ1n) is 6.44. The van der Waals surface area contributed by atoms with Crippen LogP contribution >= 0.6 is 0 Å². The van der Waals surface area contributed by atoms with E-state index in [2.05, 4.69) is 42.7 Å². The Hall–Kier alpha value is -1.06. The van der Waals surface area contributed by atoms with Gasteiger partial charge >= 0.3 is 0 Å². The number of nitrogens with one attached hydrogen (secondary N) is 2. The average Bonchev–Trinajstić information content (AvgIpc) is 2.70. The normalized spacial score (nSPS) is 18.2. The van der Waals surface area contributed by atoms with Gasteiger partial charge < -0.3 is 15.4 Å². The topological polar surface area (TPSA) is 33.3 Å². The van der Waals surface area contributed by atoms with Crippen LogP contribution in [0.4, 0.5) is 0 Å². The van der Waals surface area contributed by atoms with E-state index < -0.39 is 0 Å². The van der Waals surface area contributed by atoms with Crippen LogP contribution < -0.4 is 15.4 Å². The van der Waals surface area contributed by atoms with E-state index in [1.807, 2.05) is 6.07 Å². The molecule has 0 radical (unpaired) electrons. The molecule has 1 unspecified atom stereocenters. The molecule has 0 saturated heterocycles. The number of rotatable bonds is 6. The smallest absolute Gasteiger partial charge is 0.123 e. The largest absolute Gasteiger partial charge is 0.488 e. The van der Waals surface area contributed by atoms with Crippen LogP contribution in [0.3, 0.4) is 0 Å². The molecule has 1 atom stereocenters. The Morgan fingerprint density at radius 2 is 2.12 bits per heavy atom. The van der Waals surface area contributed by atoms with E-state index in [-0.39, 0.29) is 0 Å². The van der Waals surface area contributed by atoms with Gasteiger partial charge in [0.15, 0.2) is 0 Å². The Kier molecular flexibility index (Phi) is 4.40. The third-order valence-corrected chi connectivity index (χ3v) is 2.94. The van der Waals surface area contributed by atoms with Gasteiger partial charge in [-0.25, -0.2) is 0 Å². The second-order valence-corrected chi connectivity index (χ2v) is 4.86. The van der Waals surface area contributed by atoms with Crippen molar-refractivity contribution in [2.45, 2.75) is 32.4 Å². The third kappa shape index (κ3) is 3.72. The molecule has 2 N–H and O–H groups in total. The van der Waals surface area contributed by atoms with Crippen molar-refractivity contribution in [2.24, 2.45) is 0 Å². The Morgan fingerprint density at radius 3 is 2.88 bits per heavy atom. The summed E-state index contributed by atoms with van der Waals surface area (Å²) in [6.45, 7) is 7.26.